The van der Waals surface area contributed by atoms with Gasteiger partial charge < -0.3 is 5.32 Å². The third-order valence-corrected chi connectivity index (χ3v) is 3.83. The van der Waals surface area contributed by atoms with Crippen molar-refractivity contribution in [2.45, 2.75) is 26.7 Å². The molecule has 0 aliphatic carbocycles. The molecule has 3 heteroatoms. The van der Waals surface area contributed by atoms with Crippen LogP contribution in [0.2, 0.25) is 0 Å². The van der Waals surface area contributed by atoms with E-state index in [9.17, 15) is 4.79 Å². The van der Waals surface area contributed by atoms with Crippen LogP contribution >= 0.6 is 11.3 Å². The highest BCUT2D eigenvalue weighted by Gasteiger charge is 2.10. The van der Waals surface area contributed by atoms with Gasteiger partial charge in [0.25, 0.3) is 5.91 Å². The number of hydrogen-bond acceptors (Lipinski definition) is 2. The Kier molecular flexibility index (Phi) is 4.15. The van der Waals surface area contributed by atoms with Gasteiger partial charge in [-0.15, -0.1) is 11.3 Å². The van der Waals surface area contributed by atoms with Crippen LogP contribution in [0.25, 0.3) is 0 Å². The Morgan fingerprint density at radius 1 is 1.22 bits per heavy atom. The molecule has 0 aliphatic rings. The average molecular weight is 259 g/mol. The zero-order valence-electron chi connectivity index (χ0n) is 10.7. The maximum Gasteiger partial charge on any atom is 0.265 e. The molecule has 0 saturated carbocycles. The third-order valence-electron chi connectivity index (χ3n) is 2.82. The Labute approximate surface area is 112 Å². The van der Waals surface area contributed by atoms with Gasteiger partial charge in [0.2, 0.25) is 0 Å². The van der Waals surface area contributed by atoms with Gasteiger partial charge in [0.15, 0.2) is 0 Å². The van der Waals surface area contributed by atoms with Crippen molar-refractivity contribution < 1.29 is 4.79 Å². The predicted molar refractivity (Wildman–Crippen MR) is 77.4 cm³/mol. The topological polar surface area (TPSA) is 29.1 Å². The molecular weight excluding hydrogens is 242 g/mol. The first-order chi connectivity index (χ1) is 8.70. The van der Waals surface area contributed by atoms with Crippen molar-refractivity contribution in [1.82, 2.24) is 0 Å². The first-order valence-corrected chi connectivity index (χ1v) is 7.03. The van der Waals surface area contributed by atoms with E-state index >= 15 is 0 Å². The lowest BCUT2D eigenvalue weighted by molar-refractivity contribution is 0.103. The molecular formula is C15H17NOS. The number of rotatable bonds is 4. The first-order valence-electron chi connectivity index (χ1n) is 6.15. The zero-order chi connectivity index (χ0) is 13.0. The van der Waals surface area contributed by atoms with Crippen LogP contribution in [-0.4, -0.2) is 5.91 Å². The van der Waals surface area contributed by atoms with Gasteiger partial charge in [0.1, 0.15) is 0 Å². The molecule has 0 unspecified atom stereocenters. The Morgan fingerprint density at radius 3 is 2.50 bits per heavy atom. The minimum absolute atomic E-state index is 0.0225. The van der Waals surface area contributed by atoms with Crippen molar-refractivity contribution in [2.24, 2.45) is 0 Å². The number of anilines is 1. The van der Waals surface area contributed by atoms with Gasteiger partial charge in [-0.3, -0.25) is 4.79 Å². The van der Waals surface area contributed by atoms with E-state index in [0.717, 1.165) is 29.0 Å². The lowest BCUT2D eigenvalue weighted by Crippen LogP contribution is -2.11. The van der Waals surface area contributed by atoms with Crippen LogP contribution in [0.3, 0.4) is 0 Å². The van der Waals surface area contributed by atoms with Gasteiger partial charge >= 0.3 is 0 Å². The minimum Gasteiger partial charge on any atom is -0.321 e. The summed E-state index contributed by atoms with van der Waals surface area (Å²) >= 11 is 1.48. The highest BCUT2D eigenvalue weighted by Crippen LogP contribution is 2.18. The van der Waals surface area contributed by atoms with Crippen LogP contribution in [0.1, 0.15) is 34.1 Å². The summed E-state index contributed by atoms with van der Waals surface area (Å²) in [6, 6.07) is 10.0. The number of hydrogen-bond donors (Lipinski definition) is 1. The number of amides is 1. The van der Waals surface area contributed by atoms with Gasteiger partial charge in [-0.25, -0.2) is 0 Å². The monoisotopic (exact) mass is 259 g/mol. The summed E-state index contributed by atoms with van der Waals surface area (Å²) in [5, 5.41) is 4.87. The molecule has 94 valence electrons. The summed E-state index contributed by atoms with van der Waals surface area (Å²) in [4.78, 5) is 12.8. The zero-order valence-corrected chi connectivity index (χ0v) is 11.5. The molecule has 0 saturated heterocycles. The summed E-state index contributed by atoms with van der Waals surface area (Å²) < 4.78 is 0. The van der Waals surface area contributed by atoms with Gasteiger partial charge in [0.05, 0.1) is 4.88 Å². The van der Waals surface area contributed by atoms with Crippen LogP contribution in [0, 0.1) is 6.92 Å². The molecule has 0 fully saturated rings. The maximum atomic E-state index is 12.0. The molecule has 0 atom stereocenters. The van der Waals surface area contributed by atoms with Gasteiger partial charge in [-0.2, -0.15) is 0 Å². The van der Waals surface area contributed by atoms with Crippen LogP contribution in [0.4, 0.5) is 5.69 Å². The Morgan fingerprint density at radius 2 is 1.94 bits per heavy atom. The smallest absolute Gasteiger partial charge is 0.265 e. The van der Waals surface area contributed by atoms with Crippen molar-refractivity contribution in [2.75, 3.05) is 5.32 Å². The summed E-state index contributed by atoms with van der Waals surface area (Å²) in [6.07, 6.45) is 2.22. The fraction of sp³-hybridized carbons (Fsp3) is 0.267. The van der Waals surface area contributed by atoms with Crippen molar-refractivity contribution in [3.63, 3.8) is 0 Å². The van der Waals surface area contributed by atoms with E-state index in [1.165, 1.54) is 16.9 Å². The SMILES string of the molecule is CCCc1ccc(NC(=O)c2sccc2C)cc1. The molecule has 0 bridgehead atoms. The molecule has 1 aromatic heterocycles. The van der Waals surface area contributed by atoms with Gasteiger partial charge in [-0.05, 0) is 48.1 Å². The van der Waals surface area contributed by atoms with E-state index in [-0.39, 0.29) is 5.91 Å². The van der Waals surface area contributed by atoms with Crippen LogP contribution in [0.5, 0.6) is 0 Å². The normalized spacial score (nSPS) is 10.3. The van der Waals surface area contributed by atoms with Gasteiger partial charge in [-0.1, -0.05) is 25.5 Å². The maximum absolute atomic E-state index is 12.0. The highest BCUT2D eigenvalue weighted by atomic mass is 32.1. The van der Waals surface area contributed by atoms with Crippen molar-refractivity contribution in [3.05, 3.63) is 51.7 Å². The Balaban J connectivity index is 2.05. The molecule has 0 spiro atoms. The van der Waals surface area contributed by atoms with Crippen LogP contribution in [-0.2, 0) is 6.42 Å². The van der Waals surface area contributed by atoms with E-state index < -0.39 is 0 Å². The summed E-state index contributed by atoms with van der Waals surface area (Å²) in [6.45, 7) is 4.12. The fourth-order valence-corrected chi connectivity index (χ4v) is 2.66. The second-order valence-electron chi connectivity index (χ2n) is 4.33. The second-order valence-corrected chi connectivity index (χ2v) is 5.25. The molecule has 1 amide bonds. The summed E-state index contributed by atoms with van der Waals surface area (Å²) in [5.74, 6) is -0.0225. The highest BCUT2D eigenvalue weighted by molar-refractivity contribution is 7.12. The first kappa shape index (κ1) is 12.8. The Bertz CT molecular complexity index is 528. The molecule has 0 aliphatic heterocycles. The van der Waals surface area contributed by atoms with Crippen molar-refractivity contribution >= 4 is 22.9 Å². The van der Waals surface area contributed by atoms with E-state index in [0.29, 0.717) is 0 Å². The molecule has 2 rings (SSSR count). The third kappa shape index (κ3) is 2.99. The molecule has 0 radical (unpaired) electrons. The standard InChI is InChI=1S/C15H17NOS/c1-3-4-12-5-7-13(8-6-12)16-15(17)14-11(2)9-10-18-14/h5-10H,3-4H2,1-2H3,(H,16,17). The number of benzene rings is 1. The van der Waals surface area contributed by atoms with Crippen LogP contribution in [0.15, 0.2) is 35.7 Å². The summed E-state index contributed by atoms with van der Waals surface area (Å²) in [7, 11) is 0. The minimum atomic E-state index is -0.0225. The molecule has 1 aromatic carbocycles. The molecule has 2 aromatic rings. The lowest BCUT2D eigenvalue weighted by Gasteiger charge is -2.05. The van der Waals surface area contributed by atoms with E-state index in [1.807, 2.05) is 30.5 Å². The van der Waals surface area contributed by atoms with E-state index in [1.54, 1.807) is 0 Å². The molecule has 18 heavy (non-hydrogen) atoms. The predicted octanol–water partition coefficient (Wildman–Crippen LogP) is 4.26. The molecule has 2 nitrogen and oxygen atoms in total. The summed E-state index contributed by atoms with van der Waals surface area (Å²) in [5.41, 5.74) is 3.19. The van der Waals surface area contributed by atoms with Crippen LogP contribution < -0.4 is 5.32 Å². The average Bonchev–Trinajstić information content (AvgIpc) is 2.78. The van der Waals surface area contributed by atoms with Gasteiger partial charge in [0, 0.05) is 5.69 Å². The molecule has 1 N–H and O–H groups in total. The van der Waals surface area contributed by atoms with Crippen molar-refractivity contribution in [3.8, 4) is 0 Å². The van der Waals surface area contributed by atoms with E-state index in [4.69, 9.17) is 0 Å². The Hall–Kier alpha value is -1.61. The number of carbonyl (C=O) groups excluding carboxylic acids is 1. The largest absolute Gasteiger partial charge is 0.321 e. The number of carbonyl (C=O) groups is 1. The number of thiophene rings is 1. The molecule has 1 heterocycles. The quantitative estimate of drug-likeness (QED) is 0.873. The second kappa shape index (κ2) is 5.83. The van der Waals surface area contributed by atoms with Crippen molar-refractivity contribution in [1.29, 1.82) is 0 Å². The number of aryl methyl sites for hydroxylation is 2. The number of nitrogens with one attached hydrogen (secondary N) is 1. The fourth-order valence-electron chi connectivity index (χ4n) is 1.84. The van der Waals surface area contributed by atoms with E-state index in [2.05, 4.69) is 24.4 Å². The lowest BCUT2D eigenvalue weighted by atomic mass is 10.1.